The van der Waals surface area contributed by atoms with Gasteiger partial charge in [0, 0.05) is 19.0 Å². The number of piperidine rings is 1. The first kappa shape index (κ1) is 17.7. The Kier molecular flexibility index (Phi) is 5.55. The second-order valence-corrected chi connectivity index (χ2v) is 8.03. The Hall–Kier alpha value is -2.12. The number of nitrogens with zero attached hydrogens (tertiary/aromatic N) is 1. The first-order valence-corrected chi connectivity index (χ1v) is 9.87. The lowest BCUT2D eigenvalue weighted by Gasteiger charge is -2.34. The van der Waals surface area contributed by atoms with Crippen LogP contribution in [0.4, 0.5) is 0 Å². The molecule has 1 saturated heterocycles. The van der Waals surface area contributed by atoms with E-state index in [1.165, 1.54) is 4.31 Å². The van der Waals surface area contributed by atoms with Gasteiger partial charge in [-0.1, -0.05) is 24.6 Å². The van der Waals surface area contributed by atoms with Crippen LogP contribution in [0.25, 0.3) is 0 Å². The molecule has 1 fully saturated rings. The van der Waals surface area contributed by atoms with Crippen molar-refractivity contribution in [2.24, 2.45) is 0 Å². The third kappa shape index (κ3) is 4.29. The van der Waals surface area contributed by atoms with Gasteiger partial charge in [-0.25, -0.2) is 8.42 Å². The maximum Gasteiger partial charge on any atom is 0.243 e. The highest BCUT2D eigenvalue weighted by atomic mass is 32.2. The Balaban J connectivity index is 1.67. The predicted molar refractivity (Wildman–Crippen MR) is 93.1 cm³/mol. The van der Waals surface area contributed by atoms with Crippen LogP contribution in [-0.2, 0) is 21.4 Å². The molecule has 2 heterocycles. The predicted octanol–water partition coefficient (Wildman–Crippen LogP) is 2.53. The molecule has 6 nitrogen and oxygen atoms in total. The van der Waals surface area contributed by atoms with Crippen LogP contribution in [0.5, 0.6) is 0 Å². The highest BCUT2D eigenvalue weighted by Crippen LogP contribution is 2.27. The number of hydrogen-bond acceptors (Lipinski definition) is 4. The summed E-state index contributed by atoms with van der Waals surface area (Å²) in [5.41, 5.74) is 0. The third-order valence-corrected chi connectivity index (χ3v) is 6.35. The molecule has 25 heavy (non-hydrogen) atoms. The SMILES string of the molecule is O=C(CC1CCCCN1S(=O)(=O)c1ccccc1)NCc1ccco1. The second-order valence-electron chi connectivity index (χ2n) is 6.14. The Labute approximate surface area is 147 Å². The van der Waals surface area contributed by atoms with Crippen LogP contribution >= 0.6 is 0 Å². The average Bonchev–Trinajstić information content (AvgIpc) is 3.15. The number of hydrogen-bond donors (Lipinski definition) is 1. The van der Waals surface area contributed by atoms with E-state index in [1.54, 1.807) is 48.7 Å². The van der Waals surface area contributed by atoms with E-state index >= 15 is 0 Å². The summed E-state index contributed by atoms with van der Waals surface area (Å²) in [7, 11) is -3.58. The monoisotopic (exact) mass is 362 g/mol. The molecule has 0 saturated carbocycles. The molecular formula is C18H22N2O4S. The molecule has 134 valence electrons. The number of amides is 1. The topological polar surface area (TPSA) is 79.6 Å². The first-order valence-electron chi connectivity index (χ1n) is 8.43. The largest absolute Gasteiger partial charge is 0.467 e. The number of nitrogens with one attached hydrogen (secondary N) is 1. The fraction of sp³-hybridized carbons (Fsp3) is 0.389. The van der Waals surface area contributed by atoms with Crippen molar-refractivity contribution >= 4 is 15.9 Å². The van der Waals surface area contributed by atoms with Gasteiger partial charge in [0.15, 0.2) is 0 Å². The van der Waals surface area contributed by atoms with E-state index < -0.39 is 10.0 Å². The van der Waals surface area contributed by atoms with Crippen molar-refractivity contribution in [2.45, 2.75) is 43.2 Å². The molecule has 7 heteroatoms. The maximum atomic E-state index is 12.9. The Bertz CT molecular complexity index is 788. The standard InChI is InChI=1S/C18H22N2O4S/c21-18(19-14-16-8-6-12-24-16)13-15-7-4-5-11-20(15)25(22,23)17-9-2-1-3-10-17/h1-3,6,8-10,12,15H,4-5,7,11,13-14H2,(H,19,21). The third-order valence-electron chi connectivity index (χ3n) is 4.38. The summed E-state index contributed by atoms with van der Waals surface area (Å²) in [6, 6.07) is 11.6. The van der Waals surface area contributed by atoms with E-state index in [1.807, 2.05) is 0 Å². The molecule has 3 rings (SSSR count). The van der Waals surface area contributed by atoms with Gasteiger partial charge in [-0.3, -0.25) is 4.79 Å². The van der Waals surface area contributed by atoms with Gasteiger partial charge in [0.1, 0.15) is 5.76 Å². The first-order chi connectivity index (χ1) is 12.1. The van der Waals surface area contributed by atoms with E-state index in [2.05, 4.69) is 5.32 Å². The van der Waals surface area contributed by atoms with E-state index in [0.29, 0.717) is 25.3 Å². The smallest absolute Gasteiger partial charge is 0.243 e. The van der Waals surface area contributed by atoms with E-state index in [-0.39, 0.29) is 23.3 Å². The lowest BCUT2D eigenvalue weighted by Crippen LogP contribution is -2.45. The van der Waals surface area contributed by atoms with Gasteiger partial charge < -0.3 is 9.73 Å². The van der Waals surface area contributed by atoms with Crippen LogP contribution in [0.3, 0.4) is 0 Å². The van der Waals surface area contributed by atoms with Gasteiger partial charge in [-0.05, 0) is 37.1 Å². The summed E-state index contributed by atoms with van der Waals surface area (Å²) in [6.07, 6.45) is 4.15. The average molecular weight is 362 g/mol. The Morgan fingerprint density at radius 3 is 2.68 bits per heavy atom. The van der Waals surface area contributed by atoms with Crippen LogP contribution in [0.15, 0.2) is 58.0 Å². The van der Waals surface area contributed by atoms with Crippen LogP contribution in [0.2, 0.25) is 0 Å². The van der Waals surface area contributed by atoms with Gasteiger partial charge >= 0.3 is 0 Å². The van der Waals surface area contributed by atoms with Crippen LogP contribution in [0.1, 0.15) is 31.4 Å². The van der Waals surface area contributed by atoms with E-state index in [9.17, 15) is 13.2 Å². The molecule has 1 N–H and O–H groups in total. The van der Waals surface area contributed by atoms with Crippen molar-refractivity contribution in [3.63, 3.8) is 0 Å². The highest BCUT2D eigenvalue weighted by Gasteiger charge is 2.34. The molecule has 0 spiro atoms. The molecule has 1 amide bonds. The molecule has 1 unspecified atom stereocenters. The number of carbonyl (C=O) groups excluding carboxylic acids is 1. The van der Waals surface area contributed by atoms with Crippen molar-refractivity contribution in [3.8, 4) is 0 Å². The number of furan rings is 1. The van der Waals surface area contributed by atoms with E-state index in [0.717, 1.165) is 12.8 Å². The molecule has 0 radical (unpaired) electrons. The van der Waals surface area contributed by atoms with Gasteiger partial charge in [0.25, 0.3) is 0 Å². The van der Waals surface area contributed by atoms with Gasteiger partial charge in [0.2, 0.25) is 15.9 Å². The molecule has 1 aromatic heterocycles. The van der Waals surface area contributed by atoms with E-state index in [4.69, 9.17) is 4.42 Å². The van der Waals surface area contributed by atoms with Crippen LogP contribution in [-0.4, -0.2) is 31.2 Å². The minimum atomic E-state index is -3.58. The van der Waals surface area contributed by atoms with Gasteiger partial charge in [-0.2, -0.15) is 4.31 Å². The van der Waals surface area contributed by atoms with Gasteiger partial charge in [0.05, 0.1) is 17.7 Å². The van der Waals surface area contributed by atoms with Crippen LogP contribution in [0, 0.1) is 0 Å². The highest BCUT2D eigenvalue weighted by molar-refractivity contribution is 7.89. The maximum absolute atomic E-state index is 12.9. The zero-order valence-corrected chi connectivity index (χ0v) is 14.7. The summed E-state index contributed by atoms with van der Waals surface area (Å²) in [5, 5.41) is 2.79. The minimum absolute atomic E-state index is 0.159. The summed E-state index contributed by atoms with van der Waals surface area (Å²) in [6.45, 7) is 0.761. The second kappa shape index (κ2) is 7.84. The summed E-state index contributed by atoms with van der Waals surface area (Å²) in [5.74, 6) is 0.502. The fourth-order valence-corrected chi connectivity index (χ4v) is 4.82. The lowest BCUT2D eigenvalue weighted by molar-refractivity contribution is -0.122. The Morgan fingerprint density at radius 2 is 1.96 bits per heavy atom. The van der Waals surface area contributed by atoms with Crippen molar-refractivity contribution in [2.75, 3.05) is 6.54 Å². The summed E-state index contributed by atoms with van der Waals surface area (Å²) < 4.78 is 32.5. The molecule has 1 aliphatic heterocycles. The lowest BCUT2D eigenvalue weighted by atomic mass is 10.0. The number of benzene rings is 1. The molecule has 2 aromatic rings. The zero-order chi connectivity index (χ0) is 17.7. The number of sulfonamides is 1. The molecular weight excluding hydrogens is 340 g/mol. The number of carbonyl (C=O) groups is 1. The number of rotatable bonds is 6. The van der Waals surface area contributed by atoms with Crippen molar-refractivity contribution in [1.82, 2.24) is 9.62 Å². The molecule has 1 atom stereocenters. The molecule has 0 aliphatic carbocycles. The Morgan fingerprint density at radius 1 is 1.16 bits per heavy atom. The van der Waals surface area contributed by atoms with Crippen molar-refractivity contribution in [3.05, 3.63) is 54.5 Å². The zero-order valence-electron chi connectivity index (χ0n) is 13.9. The molecule has 1 aliphatic rings. The van der Waals surface area contributed by atoms with Crippen molar-refractivity contribution in [1.29, 1.82) is 0 Å². The molecule has 0 bridgehead atoms. The van der Waals surface area contributed by atoms with Crippen LogP contribution < -0.4 is 5.32 Å². The quantitative estimate of drug-likeness (QED) is 0.856. The molecule has 1 aromatic carbocycles. The fourth-order valence-electron chi connectivity index (χ4n) is 3.11. The summed E-state index contributed by atoms with van der Waals surface area (Å²) >= 11 is 0. The van der Waals surface area contributed by atoms with Crippen molar-refractivity contribution < 1.29 is 17.6 Å². The normalized spacial score (nSPS) is 18.8. The minimum Gasteiger partial charge on any atom is -0.467 e. The summed E-state index contributed by atoms with van der Waals surface area (Å²) in [4.78, 5) is 12.5. The van der Waals surface area contributed by atoms with Gasteiger partial charge in [-0.15, -0.1) is 0 Å².